The van der Waals surface area contributed by atoms with E-state index in [0.717, 1.165) is 0 Å². The van der Waals surface area contributed by atoms with Crippen molar-refractivity contribution in [2.24, 2.45) is 0 Å². The lowest BCUT2D eigenvalue weighted by atomic mass is 10.2. The molecule has 1 heterocycles. The van der Waals surface area contributed by atoms with E-state index in [4.69, 9.17) is 0 Å². The zero-order valence-electron chi connectivity index (χ0n) is 8.91. The van der Waals surface area contributed by atoms with Crippen molar-refractivity contribution >= 4 is 0 Å². The van der Waals surface area contributed by atoms with E-state index in [9.17, 15) is 0 Å². The van der Waals surface area contributed by atoms with Gasteiger partial charge in [-0.3, -0.25) is 0 Å². The third-order valence-electron chi connectivity index (χ3n) is 2.53. The molecule has 0 saturated heterocycles. The summed E-state index contributed by atoms with van der Waals surface area (Å²) in [6.45, 7) is 6.39. The maximum atomic E-state index is 2.27. The van der Waals surface area contributed by atoms with E-state index in [1.165, 1.54) is 22.6 Å². The normalized spacial score (nSPS) is 10.5. The lowest BCUT2D eigenvalue weighted by molar-refractivity contribution is 0.964. The van der Waals surface area contributed by atoms with E-state index in [1.54, 1.807) is 0 Å². The first-order valence-corrected chi connectivity index (χ1v) is 4.90. The average Bonchev–Trinajstić information content (AvgIpc) is 2.46. The Morgan fingerprint density at radius 1 is 0.857 bits per heavy atom. The number of benzene rings is 1. The molecule has 1 aromatic carbocycles. The molecule has 14 heavy (non-hydrogen) atoms. The molecule has 1 nitrogen and oxygen atoms in total. The van der Waals surface area contributed by atoms with Crippen molar-refractivity contribution in [1.29, 1.82) is 0 Å². The van der Waals surface area contributed by atoms with Crippen LogP contribution in [0.25, 0.3) is 5.69 Å². The lowest BCUT2D eigenvalue weighted by Gasteiger charge is -2.09. The Labute approximate surface area is 85.0 Å². The van der Waals surface area contributed by atoms with Crippen LogP contribution in [0, 0.1) is 20.8 Å². The minimum absolute atomic E-state index is 1.25. The number of nitrogens with zero attached hydrogens (tertiary/aromatic N) is 1. The van der Waals surface area contributed by atoms with Gasteiger partial charge >= 0.3 is 0 Å². The fraction of sp³-hybridized carbons (Fsp3) is 0.231. The monoisotopic (exact) mass is 185 g/mol. The second kappa shape index (κ2) is 3.33. The highest BCUT2D eigenvalue weighted by atomic mass is 15.0. The van der Waals surface area contributed by atoms with Crippen LogP contribution in [-0.4, -0.2) is 4.57 Å². The molecule has 0 N–H and O–H groups in total. The molecule has 0 spiro atoms. The summed E-state index contributed by atoms with van der Waals surface area (Å²) in [5.74, 6) is 0. The van der Waals surface area contributed by atoms with Crippen molar-refractivity contribution in [3.05, 3.63) is 53.3 Å². The zero-order valence-corrected chi connectivity index (χ0v) is 8.91. The third-order valence-corrected chi connectivity index (χ3v) is 2.53. The molecule has 0 aliphatic rings. The number of aryl methyl sites for hydroxylation is 3. The standard InChI is InChI=1S/C13H15N/c1-10-5-4-6-13(9-10)14-11(2)7-8-12(14)3/h4-9H,1-3H3. The van der Waals surface area contributed by atoms with Gasteiger partial charge in [0.2, 0.25) is 0 Å². The molecular formula is C13H15N. The van der Waals surface area contributed by atoms with Crippen LogP contribution < -0.4 is 0 Å². The van der Waals surface area contributed by atoms with Crippen LogP contribution in [0.15, 0.2) is 36.4 Å². The van der Waals surface area contributed by atoms with Crippen molar-refractivity contribution in [2.45, 2.75) is 20.8 Å². The number of rotatable bonds is 1. The summed E-state index contributed by atoms with van der Waals surface area (Å²) in [7, 11) is 0. The van der Waals surface area contributed by atoms with Gasteiger partial charge in [0.25, 0.3) is 0 Å². The van der Waals surface area contributed by atoms with Gasteiger partial charge in [-0.05, 0) is 50.6 Å². The summed E-state index contributed by atoms with van der Waals surface area (Å²) in [4.78, 5) is 0. The number of aromatic nitrogens is 1. The molecule has 72 valence electrons. The van der Waals surface area contributed by atoms with Crippen LogP contribution in [0.2, 0.25) is 0 Å². The number of hydrogen-bond acceptors (Lipinski definition) is 0. The molecule has 1 heteroatoms. The Kier molecular flexibility index (Phi) is 2.16. The maximum Gasteiger partial charge on any atom is 0.0457 e. The quantitative estimate of drug-likeness (QED) is 0.641. The minimum atomic E-state index is 1.25. The summed E-state index contributed by atoms with van der Waals surface area (Å²) in [6.07, 6.45) is 0. The largest absolute Gasteiger partial charge is 0.319 e. The molecule has 0 aliphatic heterocycles. The zero-order chi connectivity index (χ0) is 10.1. The first-order chi connectivity index (χ1) is 6.68. The molecule has 0 radical (unpaired) electrons. The van der Waals surface area contributed by atoms with Gasteiger partial charge in [-0.25, -0.2) is 0 Å². The first kappa shape index (κ1) is 9.07. The molecule has 2 aromatic rings. The Balaban J connectivity index is 2.59. The van der Waals surface area contributed by atoms with Crippen molar-refractivity contribution in [3.63, 3.8) is 0 Å². The summed E-state index contributed by atoms with van der Waals surface area (Å²) in [6, 6.07) is 12.9. The molecule has 2 rings (SSSR count). The van der Waals surface area contributed by atoms with Crippen LogP contribution >= 0.6 is 0 Å². The van der Waals surface area contributed by atoms with Gasteiger partial charge in [-0.2, -0.15) is 0 Å². The highest BCUT2D eigenvalue weighted by molar-refractivity contribution is 5.39. The fourth-order valence-corrected chi connectivity index (χ4v) is 1.84. The van der Waals surface area contributed by atoms with Crippen molar-refractivity contribution < 1.29 is 0 Å². The van der Waals surface area contributed by atoms with Gasteiger partial charge in [0.15, 0.2) is 0 Å². The molecular weight excluding hydrogens is 170 g/mol. The van der Waals surface area contributed by atoms with Gasteiger partial charge in [0, 0.05) is 17.1 Å². The smallest absolute Gasteiger partial charge is 0.0457 e. The van der Waals surface area contributed by atoms with E-state index in [2.05, 4.69) is 61.7 Å². The summed E-state index contributed by atoms with van der Waals surface area (Å²) >= 11 is 0. The predicted octanol–water partition coefficient (Wildman–Crippen LogP) is 3.40. The minimum Gasteiger partial charge on any atom is -0.319 e. The van der Waals surface area contributed by atoms with Crippen LogP contribution in [0.4, 0.5) is 0 Å². The SMILES string of the molecule is Cc1cccc(-n2c(C)ccc2C)c1. The Morgan fingerprint density at radius 2 is 1.50 bits per heavy atom. The van der Waals surface area contributed by atoms with Gasteiger partial charge in [0.1, 0.15) is 0 Å². The van der Waals surface area contributed by atoms with Gasteiger partial charge < -0.3 is 4.57 Å². The highest BCUT2D eigenvalue weighted by Gasteiger charge is 2.02. The Bertz CT molecular complexity index is 433. The molecule has 0 aliphatic carbocycles. The average molecular weight is 185 g/mol. The van der Waals surface area contributed by atoms with Gasteiger partial charge in [0.05, 0.1) is 0 Å². The molecule has 0 amide bonds. The first-order valence-electron chi connectivity index (χ1n) is 4.90. The third kappa shape index (κ3) is 1.46. The van der Waals surface area contributed by atoms with Gasteiger partial charge in [-0.15, -0.1) is 0 Å². The van der Waals surface area contributed by atoms with Crippen molar-refractivity contribution in [2.75, 3.05) is 0 Å². The molecule has 1 aromatic heterocycles. The molecule has 0 saturated carbocycles. The van der Waals surface area contributed by atoms with Crippen molar-refractivity contribution in [1.82, 2.24) is 4.57 Å². The van der Waals surface area contributed by atoms with Crippen LogP contribution in [0.1, 0.15) is 17.0 Å². The fourth-order valence-electron chi connectivity index (χ4n) is 1.84. The van der Waals surface area contributed by atoms with Crippen LogP contribution in [0.3, 0.4) is 0 Å². The summed E-state index contributed by atoms with van der Waals surface area (Å²) in [5, 5.41) is 0. The second-order valence-electron chi connectivity index (χ2n) is 3.79. The van der Waals surface area contributed by atoms with E-state index in [0.29, 0.717) is 0 Å². The maximum absolute atomic E-state index is 2.27. The van der Waals surface area contributed by atoms with Crippen molar-refractivity contribution in [3.8, 4) is 5.69 Å². The highest BCUT2D eigenvalue weighted by Crippen LogP contribution is 2.16. The topological polar surface area (TPSA) is 4.93 Å². The predicted molar refractivity (Wildman–Crippen MR) is 60.0 cm³/mol. The van der Waals surface area contributed by atoms with Gasteiger partial charge in [-0.1, -0.05) is 12.1 Å². The van der Waals surface area contributed by atoms with Crippen LogP contribution in [0.5, 0.6) is 0 Å². The lowest BCUT2D eigenvalue weighted by Crippen LogP contribution is -1.98. The van der Waals surface area contributed by atoms with E-state index >= 15 is 0 Å². The molecule has 0 fully saturated rings. The van der Waals surface area contributed by atoms with E-state index in [1.807, 2.05) is 0 Å². The second-order valence-corrected chi connectivity index (χ2v) is 3.79. The molecule has 0 bridgehead atoms. The molecule has 0 unspecified atom stereocenters. The Hall–Kier alpha value is -1.50. The Morgan fingerprint density at radius 3 is 2.07 bits per heavy atom. The molecule has 0 atom stereocenters. The van der Waals surface area contributed by atoms with E-state index in [-0.39, 0.29) is 0 Å². The summed E-state index contributed by atoms with van der Waals surface area (Å²) in [5.41, 5.74) is 5.13. The van der Waals surface area contributed by atoms with Crippen LogP contribution in [-0.2, 0) is 0 Å². The summed E-state index contributed by atoms with van der Waals surface area (Å²) < 4.78 is 2.27. The van der Waals surface area contributed by atoms with E-state index < -0.39 is 0 Å². The number of hydrogen-bond donors (Lipinski definition) is 0.